The van der Waals surface area contributed by atoms with Gasteiger partial charge in [-0.2, -0.15) is 0 Å². The van der Waals surface area contributed by atoms with E-state index in [0.717, 1.165) is 32.2 Å². The van der Waals surface area contributed by atoms with Crippen LogP contribution in [0.3, 0.4) is 0 Å². The van der Waals surface area contributed by atoms with Crippen molar-refractivity contribution in [3.8, 4) is 0 Å². The third-order valence-electron chi connectivity index (χ3n) is 5.24. The number of fused-ring (bicyclic) bond motifs is 1. The van der Waals surface area contributed by atoms with Crippen LogP contribution in [0.4, 0.5) is 4.39 Å². The molecule has 0 aromatic heterocycles. The Morgan fingerprint density at radius 2 is 1.95 bits per heavy atom. The van der Waals surface area contributed by atoms with Gasteiger partial charge >= 0.3 is 0 Å². The Morgan fingerprint density at radius 1 is 1.19 bits per heavy atom. The first-order valence-electron chi connectivity index (χ1n) is 8.48. The van der Waals surface area contributed by atoms with Gasteiger partial charge in [-0.25, -0.2) is 4.39 Å². The van der Waals surface area contributed by atoms with Crippen LogP contribution in [0, 0.1) is 5.82 Å². The predicted molar refractivity (Wildman–Crippen MR) is 84.7 cm³/mol. The maximum absolute atomic E-state index is 13.4. The number of rotatable bonds is 4. The molecule has 3 heteroatoms. The van der Waals surface area contributed by atoms with Gasteiger partial charge in [0.05, 0.1) is 0 Å². The Balaban J connectivity index is 1.79. The quantitative estimate of drug-likeness (QED) is 0.914. The van der Waals surface area contributed by atoms with Gasteiger partial charge in [-0.15, -0.1) is 0 Å². The summed E-state index contributed by atoms with van der Waals surface area (Å²) in [6.45, 7) is 3.39. The smallest absolute Gasteiger partial charge is 0.123 e. The van der Waals surface area contributed by atoms with Gasteiger partial charge < -0.3 is 5.73 Å². The summed E-state index contributed by atoms with van der Waals surface area (Å²) in [5.74, 6) is -0.0971. The van der Waals surface area contributed by atoms with Gasteiger partial charge in [0.25, 0.3) is 0 Å². The van der Waals surface area contributed by atoms with Gasteiger partial charge in [0.15, 0.2) is 0 Å². The fourth-order valence-corrected chi connectivity index (χ4v) is 4.19. The molecule has 0 spiro atoms. The van der Waals surface area contributed by atoms with Crippen molar-refractivity contribution in [2.45, 2.75) is 70.0 Å². The summed E-state index contributed by atoms with van der Waals surface area (Å²) in [7, 11) is 0. The Morgan fingerprint density at radius 3 is 2.67 bits per heavy atom. The van der Waals surface area contributed by atoms with Crippen molar-refractivity contribution in [3.05, 3.63) is 35.1 Å². The van der Waals surface area contributed by atoms with Gasteiger partial charge in [0.1, 0.15) is 5.82 Å². The fraction of sp³-hybridized carbons (Fsp3) is 0.667. The van der Waals surface area contributed by atoms with E-state index < -0.39 is 0 Å². The molecule has 1 aromatic rings. The lowest BCUT2D eigenvalue weighted by atomic mass is 9.89. The van der Waals surface area contributed by atoms with Crippen molar-refractivity contribution in [1.82, 2.24) is 4.90 Å². The number of benzene rings is 1. The van der Waals surface area contributed by atoms with E-state index in [9.17, 15) is 4.39 Å². The van der Waals surface area contributed by atoms with Crippen LogP contribution in [0.15, 0.2) is 18.2 Å². The molecule has 0 bridgehead atoms. The van der Waals surface area contributed by atoms with E-state index in [2.05, 4.69) is 11.8 Å². The second kappa shape index (κ2) is 6.45. The molecule has 2 N–H and O–H groups in total. The van der Waals surface area contributed by atoms with Crippen LogP contribution in [0.5, 0.6) is 0 Å². The summed E-state index contributed by atoms with van der Waals surface area (Å²) in [6.07, 6.45) is 8.06. The second-order valence-corrected chi connectivity index (χ2v) is 6.70. The lowest BCUT2D eigenvalue weighted by Gasteiger charge is -2.40. The molecule has 2 nitrogen and oxygen atoms in total. The van der Waals surface area contributed by atoms with E-state index in [4.69, 9.17) is 5.73 Å². The van der Waals surface area contributed by atoms with E-state index in [1.54, 1.807) is 12.1 Å². The molecule has 0 aliphatic heterocycles. The first-order valence-corrected chi connectivity index (χ1v) is 8.48. The van der Waals surface area contributed by atoms with Gasteiger partial charge in [-0.3, -0.25) is 4.90 Å². The minimum atomic E-state index is -0.0971. The SMILES string of the molecule is CCCN(C1CCC(N)CC1)C1CCc2cc(F)ccc21. The van der Waals surface area contributed by atoms with Crippen LogP contribution in [0.1, 0.15) is 62.6 Å². The summed E-state index contributed by atoms with van der Waals surface area (Å²) in [6, 6.07) is 6.91. The highest BCUT2D eigenvalue weighted by atomic mass is 19.1. The van der Waals surface area contributed by atoms with Crippen LogP contribution < -0.4 is 5.73 Å². The molecule has 1 fully saturated rings. The predicted octanol–water partition coefficient (Wildman–Crippen LogP) is 3.79. The number of hydrogen-bond acceptors (Lipinski definition) is 2. The number of halogens is 1. The molecule has 2 aliphatic rings. The lowest BCUT2D eigenvalue weighted by Crippen LogP contribution is -2.42. The van der Waals surface area contributed by atoms with Crippen LogP contribution in [-0.4, -0.2) is 23.5 Å². The molecule has 1 aromatic carbocycles. The Labute approximate surface area is 127 Å². The highest BCUT2D eigenvalue weighted by Gasteiger charge is 2.33. The lowest BCUT2D eigenvalue weighted by molar-refractivity contribution is 0.0991. The van der Waals surface area contributed by atoms with E-state index in [-0.39, 0.29) is 5.82 Å². The molecular weight excluding hydrogens is 263 g/mol. The minimum Gasteiger partial charge on any atom is -0.328 e. The molecule has 0 radical (unpaired) electrons. The molecule has 3 rings (SSSR count). The monoisotopic (exact) mass is 290 g/mol. The van der Waals surface area contributed by atoms with Crippen LogP contribution in [-0.2, 0) is 6.42 Å². The zero-order valence-electron chi connectivity index (χ0n) is 13.0. The van der Waals surface area contributed by atoms with Gasteiger partial charge in [-0.05, 0) is 74.8 Å². The van der Waals surface area contributed by atoms with E-state index >= 15 is 0 Å². The molecule has 0 saturated heterocycles. The van der Waals surface area contributed by atoms with Crippen molar-refractivity contribution in [2.75, 3.05) is 6.54 Å². The minimum absolute atomic E-state index is 0.0971. The molecule has 0 heterocycles. The Kier molecular flexibility index (Phi) is 4.60. The zero-order valence-corrected chi connectivity index (χ0v) is 13.0. The highest BCUT2D eigenvalue weighted by Crippen LogP contribution is 2.39. The zero-order chi connectivity index (χ0) is 14.8. The van der Waals surface area contributed by atoms with Crippen molar-refractivity contribution in [2.24, 2.45) is 5.73 Å². The van der Waals surface area contributed by atoms with E-state index in [0.29, 0.717) is 18.1 Å². The third-order valence-corrected chi connectivity index (χ3v) is 5.24. The fourth-order valence-electron chi connectivity index (χ4n) is 4.19. The first-order chi connectivity index (χ1) is 10.2. The summed E-state index contributed by atoms with van der Waals surface area (Å²) < 4.78 is 13.4. The van der Waals surface area contributed by atoms with E-state index in [1.807, 2.05) is 6.07 Å². The molecule has 0 amide bonds. The molecule has 1 unspecified atom stereocenters. The van der Waals surface area contributed by atoms with Gasteiger partial charge in [0.2, 0.25) is 0 Å². The normalized spacial score (nSPS) is 28.9. The molecular formula is C18H27FN2. The molecule has 1 atom stereocenters. The summed E-state index contributed by atoms with van der Waals surface area (Å²) >= 11 is 0. The molecule has 1 saturated carbocycles. The van der Waals surface area contributed by atoms with Gasteiger partial charge in [-0.1, -0.05) is 13.0 Å². The summed E-state index contributed by atoms with van der Waals surface area (Å²) in [5, 5.41) is 0. The van der Waals surface area contributed by atoms with Crippen LogP contribution >= 0.6 is 0 Å². The van der Waals surface area contributed by atoms with Crippen LogP contribution in [0.2, 0.25) is 0 Å². The van der Waals surface area contributed by atoms with Crippen molar-refractivity contribution < 1.29 is 4.39 Å². The maximum atomic E-state index is 13.4. The maximum Gasteiger partial charge on any atom is 0.123 e. The average Bonchev–Trinajstić information content (AvgIpc) is 2.88. The number of aryl methyl sites for hydroxylation is 1. The van der Waals surface area contributed by atoms with Gasteiger partial charge in [0, 0.05) is 18.1 Å². The second-order valence-electron chi connectivity index (χ2n) is 6.70. The highest BCUT2D eigenvalue weighted by molar-refractivity contribution is 5.35. The van der Waals surface area contributed by atoms with Crippen molar-refractivity contribution in [3.63, 3.8) is 0 Å². The summed E-state index contributed by atoms with van der Waals surface area (Å²) in [4.78, 5) is 2.69. The largest absolute Gasteiger partial charge is 0.328 e. The van der Waals surface area contributed by atoms with Crippen molar-refractivity contribution >= 4 is 0 Å². The number of nitrogens with zero attached hydrogens (tertiary/aromatic N) is 1. The first kappa shape index (κ1) is 15.0. The number of hydrogen-bond donors (Lipinski definition) is 1. The molecule has 21 heavy (non-hydrogen) atoms. The topological polar surface area (TPSA) is 29.3 Å². The average molecular weight is 290 g/mol. The Bertz CT molecular complexity index is 480. The Hall–Kier alpha value is -0.930. The standard InChI is InChI=1S/C18H27FN2/c1-2-11-21(16-7-5-15(20)6-8-16)18-10-3-13-12-14(19)4-9-17(13)18/h4,9,12,15-16,18H,2-3,5-8,10-11,20H2,1H3. The van der Waals surface area contributed by atoms with Crippen LogP contribution in [0.25, 0.3) is 0 Å². The summed E-state index contributed by atoms with van der Waals surface area (Å²) in [5.41, 5.74) is 8.63. The number of nitrogens with two attached hydrogens (primary N) is 1. The third kappa shape index (κ3) is 3.14. The molecule has 2 aliphatic carbocycles. The van der Waals surface area contributed by atoms with Crippen molar-refractivity contribution in [1.29, 1.82) is 0 Å². The van der Waals surface area contributed by atoms with E-state index in [1.165, 1.54) is 30.4 Å². The molecule has 116 valence electrons.